The minimum atomic E-state index is -0.435. The predicted octanol–water partition coefficient (Wildman–Crippen LogP) is 3.50. The molecule has 0 spiro atoms. The Hall–Kier alpha value is -2.56. The SMILES string of the molecule is Cc1cc(=O)oc(C)c1C(=O)Nc1ccccc1N1CCCCC1. The Labute approximate surface area is 141 Å². The zero-order valence-electron chi connectivity index (χ0n) is 14.1. The van der Waals surface area contributed by atoms with Gasteiger partial charge < -0.3 is 14.6 Å². The molecule has 5 nitrogen and oxygen atoms in total. The molecule has 1 fully saturated rings. The lowest BCUT2D eigenvalue weighted by molar-refractivity contribution is 0.102. The Morgan fingerprint density at radius 1 is 1.12 bits per heavy atom. The summed E-state index contributed by atoms with van der Waals surface area (Å²) in [5, 5.41) is 2.98. The van der Waals surface area contributed by atoms with E-state index in [-0.39, 0.29) is 5.91 Å². The molecule has 1 aliphatic rings. The van der Waals surface area contributed by atoms with Crippen LogP contribution in [0.5, 0.6) is 0 Å². The third kappa shape index (κ3) is 3.35. The molecule has 3 rings (SSSR count). The van der Waals surface area contributed by atoms with Crippen LogP contribution < -0.4 is 15.8 Å². The molecule has 1 saturated heterocycles. The van der Waals surface area contributed by atoms with Crippen molar-refractivity contribution in [2.75, 3.05) is 23.3 Å². The molecule has 0 radical (unpaired) electrons. The third-order valence-electron chi connectivity index (χ3n) is 4.41. The smallest absolute Gasteiger partial charge is 0.336 e. The minimum absolute atomic E-state index is 0.252. The summed E-state index contributed by atoms with van der Waals surface area (Å²) >= 11 is 0. The maximum Gasteiger partial charge on any atom is 0.336 e. The lowest BCUT2D eigenvalue weighted by Gasteiger charge is -2.30. The van der Waals surface area contributed by atoms with Crippen LogP contribution in [-0.4, -0.2) is 19.0 Å². The molecule has 1 amide bonds. The fourth-order valence-corrected chi connectivity index (χ4v) is 3.27. The van der Waals surface area contributed by atoms with Crippen LogP contribution in [0.2, 0.25) is 0 Å². The summed E-state index contributed by atoms with van der Waals surface area (Å²) in [5.74, 6) is 0.0890. The van der Waals surface area contributed by atoms with E-state index in [2.05, 4.69) is 10.2 Å². The fourth-order valence-electron chi connectivity index (χ4n) is 3.27. The van der Waals surface area contributed by atoms with Gasteiger partial charge in [0.25, 0.3) is 5.91 Å². The fraction of sp³-hybridized carbons (Fsp3) is 0.368. The highest BCUT2D eigenvalue weighted by atomic mass is 16.4. The van der Waals surface area contributed by atoms with Gasteiger partial charge in [-0.05, 0) is 50.8 Å². The molecule has 1 N–H and O–H groups in total. The van der Waals surface area contributed by atoms with E-state index in [1.54, 1.807) is 13.8 Å². The summed E-state index contributed by atoms with van der Waals surface area (Å²) in [6.07, 6.45) is 3.60. The van der Waals surface area contributed by atoms with E-state index in [1.807, 2.05) is 24.3 Å². The Balaban J connectivity index is 1.89. The van der Waals surface area contributed by atoms with Gasteiger partial charge in [0.1, 0.15) is 5.76 Å². The van der Waals surface area contributed by atoms with Crippen LogP contribution in [0.3, 0.4) is 0 Å². The van der Waals surface area contributed by atoms with Crippen LogP contribution in [-0.2, 0) is 0 Å². The number of carbonyl (C=O) groups is 1. The zero-order chi connectivity index (χ0) is 17.1. The normalized spacial score (nSPS) is 14.5. The molecule has 1 aliphatic heterocycles. The van der Waals surface area contributed by atoms with Crippen molar-refractivity contribution in [2.24, 2.45) is 0 Å². The monoisotopic (exact) mass is 326 g/mol. The van der Waals surface area contributed by atoms with Crippen molar-refractivity contribution in [3.63, 3.8) is 0 Å². The van der Waals surface area contributed by atoms with Gasteiger partial charge in [-0.15, -0.1) is 0 Å². The maximum absolute atomic E-state index is 12.7. The van der Waals surface area contributed by atoms with E-state index >= 15 is 0 Å². The van der Waals surface area contributed by atoms with Crippen molar-refractivity contribution in [2.45, 2.75) is 33.1 Å². The molecule has 0 saturated carbocycles. The molecular weight excluding hydrogens is 304 g/mol. The van der Waals surface area contributed by atoms with Gasteiger partial charge in [-0.25, -0.2) is 4.79 Å². The molecule has 0 atom stereocenters. The van der Waals surface area contributed by atoms with Crippen LogP contribution in [0.25, 0.3) is 0 Å². The molecular formula is C19H22N2O3. The highest BCUT2D eigenvalue weighted by Crippen LogP contribution is 2.29. The molecule has 0 aliphatic carbocycles. The van der Waals surface area contributed by atoms with Gasteiger partial charge in [-0.3, -0.25) is 4.79 Å². The second kappa shape index (κ2) is 6.91. The Bertz CT molecular complexity index is 778. The van der Waals surface area contributed by atoms with Crippen molar-refractivity contribution in [3.8, 4) is 0 Å². The van der Waals surface area contributed by atoms with Crippen molar-refractivity contribution >= 4 is 17.3 Å². The summed E-state index contributed by atoms with van der Waals surface area (Å²) < 4.78 is 5.07. The standard InChI is InChI=1S/C19H22N2O3/c1-13-12-17(22)24-14(2)18(13)19(23)20-15-8-4-5-9-16(15)21-10-6-3-7-11-21/h4-5,8-9,12H,3,6-7,10-11H2,1-2H3,(H,20,23). The van der Waals surface area contributed by atoms with Crippen LogP contribution >= 0.6 is 0 Å². The van der Waals surface area contributed by atoms with E-state index in [9.17, 15) is 9.59 Å². The topological polar surface area (TPSA) is 62.6 Å². The molecule has 126 valence electrons. The number of anilines is 2. The number of nitrogens with one attached hydrogen (secondary N) is 1. The van der Waals surface area contributed by atoms with E-state index in [0.29, 0.717) is 16.9 Å². The average Bonchev–Trinajstić information content (AvgIpc) is 2.55. The van der Waals surface area contributed by atoms with Gasteiger partial charge in [-0.2, -0.15) is 0 Å². The van der Waals surface area contributed by atoms with Gasteiger partial charge in [0.2, 0.25) is 0 Å². The number of carbonyl (C=O) groups excluding carboxylic acids is 1. The second-order valence-corrected chi connectivity index (χ2v) is 6.20. The number of hydrogen-bond acceptors (Lipinski definition) is 4. The number of piperidine rings is 1. The minimum Gasteiger partial charge on any atom is -0.427 e. The van der Waals surface area contributed by atoms with Crippen LogP contribution in [0, 0.1) is 13.8 Å². The summed E-state index contributed by atoms with van der Waals surface area (Å²) in [6.45, 7) is 5.39. The van der Waals surface area contributed by atoms with Crippen molar-refractivity contribution in [3.05, 3.63) is 57.6 Å². The zero-order valence-corrected chi connectivity index (χ0v) is 14.1. The van der Waals surface area contributed by atoms with Gasteiger partial charge in [0.05, 0.1) is 16.9 Å². The predicted molar refractivity (Wildman–Crippen MR) is 94.9 cm³/mol. The number of rotatable bonds is 3. The molecule has 24 heavy (non-hydrogen) atoms. The van der Waals surface area contributed by atoms with Crippen LogP contribution in [0.4, 0.5) is 11.4 Å². The highest BCUT2D eigenvalue weighted by molar-refractivity contribution is 6.07. The molecule has 2 aromatic rings. The number of benzene rings is 1. The lowest BCUT2D eigenvalue weighted by Crippen LogP contribution is -2.30. The number of para-hydroxylation sites is 2. The quantitative estimate of drug-likeness (QED) is 0.938. The van der Waals surface area contributed by atoms with E-state index in [0.717, 1.165) is 24.5 Å². The largest absolute Gasteiger partial charge is 0.427 e. The van der Waals surface area contributed by atoms with Crippen LogP contribution in [0.1, 0.15) is 40.9 Å². The summed E-state index contributed by atoms with van der Waals surface area (Å²) in [4.78, 5) is 26.4. The molecule has 1 aromatic heterocycles. The number of nitrogens with zero attached hydrogens (tertiary/aromatic N) is 1. The molecule has 1 aromatic carbocycles. The average molecular weight is 326 g/mol. The Kier molecular flexibility index (Phi) is 4.69. The first kappa shape index (κ1) is 16.3. The Morgan fingerprint density at radius 3 is 2.54 bits per heavy atom. The second-order valence-electron chi connectivity index (χ2n) is 6.20. The van der Waals surface area contributed by atoms with E-state index < -0.39 is 5.63 Å². The summed E-state index contributed by atoms with van der Waals surface area (Å²) in [5.41, 5.74) is 2.43. The van der Waals surface area contributed by atoms with Crippen LogP contribution in [0.15, 0.2) is 39.5 Å². The first-order chi connectivity index (χ1) is 11.6. The first-order valence-electron chi connectivity index (χ1n) is 8.33. The third-order valence-corrected chi connectivity index (χ3v) is 4.41. The number of hydrogen-bond donors (Lipinski definition) is 1. The molecule has 2 heterocycles. The van der Waals surface area contributed by atoms with Gasteiger partial charge >= 0.3 is 5.63 Å². The van der Waals surface area contributed by atoms with Crippen molar-refractivity contribution < 1.29 is 9.21 Å². The number of aryl methyl sites for hydroxylation is 2. The van der Waals surface area contributed by atoms with Crippen molar-refractivity contribution in [1.29, 1.82) is 0 Å². The number of amides is 1. The van der Waals surface area contributed by atoms with Gasteiger partial charge in [0.15, 0.2) is 0 Å². The lowest BCUT2D eigenvalue weighted by atomic mass is 10.1. The van der Waals surface area contributed by atoms with Crippen molar-refractivity contribution in [1.82, 2.24) is 0 Å². The molecule has 0 unspecified atom stereocenters. The molecule has 0 bridgehead atoms. The summed E-state index contributed by atoms with van der Waals surface area (Å²) in [7, 11) is 0. The van der Waals surface area contributed by atoms with E-state index in [4.69, 9.17) is 4.42 Å². The molecule has 5 heteroatoms. The van der Waals surface area contributed by atoms with Gasteiger partial charge in [-0.1, -0.05) is 12.1 Å². The Morgan fingerprint density at radius 2 is 1.83 bits per heavy atom. The van der Waals surface area contributed by atoms with Gasteiger partial charge in [0, 0.05) is 19.2 Å². The maximum atomic E-state index is 12.7. The first-order valence-corrected chi connectivity index (χ1v) is 8.33. The summed E-state index contributed by atoms with van der Waals surface area (Å²) in [6, 6.07) is 9.18. The van der Waals surface area contributed by atoms with E-state index in [1.165, 1.54) is 25.3 Å². The highest BCUT2D eigenvalue weighted by Gasteiger charge is 2.19.